The van der Waals surface area contributed by atoms with E-state index in [1.165, 1.54) is 38.6 Å². The van der Waals surface area contributed by atoms with Gasteiger partial charge < -0.3 is 20.7 Å². The lowest BCUT2D eigenvalue weighted by atomic mass is 10.2. The minimum atomic E-state index is -0.109. The van der Waals surface area contributed by atoms with Gasteiger partial charge in [-0.1, -0.05) is 25.0 Å². The van der Waals surface area contributed by atoms with Crippen molar-refractivity contribution in [2.75, 3.05) is 32.8 Å². The second-order valence-corrected chi connectivity index (χ2v) is 8.15. The lowest BCUT2D eigenvalue weighted by molar-refractivity contribution is -0.122. The predicted octanol–water partition coefficient (Wildman–Crippen LogP) is 2.89. The average molecular weight is 543 g/mol. The average Bonchev–Trinajstić information content (AvgIpc) is 3.43. The third-order valence-electron chi connectivity index (χ3n) is 5.81. The van der Waals surface area contributed by atoms with Gasteiger partial charge in [0, 0.05) is 38.3 Å². The van der Waals surface area contributed by atoms with E-state index in [4.69, 9.17) is 9.73 Å². The van der Waals surface area contributed by atoms with E-state index in [2.05, 4.69) is 27.8 Å². The van der Waals surface area contributed by atoms with Gasteiger partial charge in [-0.2, -0.15) is 0 Å². The number of hydrogen-bond donors (Lipinski definition) is 3. The lowest BCUT2D eigenvalue weighted by Gasteiger charge is -2.24. The molecule has 3 rings (SSSR count). The number of likely N-dealkylation sites (tertiary alicyclic amines) is 1. The highest BCUT2D eigenvalue weighted by molar-refractivity contribution is 14.0. The minimum Gasteiger partial charge on any atom is -0.484 e. The van der Waals surface area contributed by atoms with Gasteiger partial charge >= 0.3 is 0 Å². The van der Waals surface area contributed by atoms with Crippen LogP contribution in [0, 0.1) is 0 Å². The van der Waals surface area contributed by atoms with Crippen molar-refractivity contribution >= 4 is 35.8 Å². The van der Waals surface area contributed by atoms with Gasteiger partial charge in [-0.15, -0.1) is 24.0 Å². The van der Waals surface area contributed by atoms with Crippen molar-refractivity contribution in [2.24, 2.45) is 4.99 Å². The number of carbonyl (C=O) groups is 1. The van der Waals surface area contributed by atoms with E-state index < -0.39 is 0 Å². The number of halogens is 1. The fourth-order valence-corrected chi connectivity index (χ4v) is 4.32. The number of guanidine groups is 1. The highest BCUT2D eigenvalue weighted by Gasteiger charge is 2.30. The van der Waals surface area contributed by atoms with Gasteiger partial charge in [-0.05, 0) is 50.8 Å². The molecule has 2 aliphatic rings. The molecule has 1 saturated heterocycles. The summed E-state index contributed by atoms with van der Waals surface area (Å²) in [7, 11) is 0. The number of amides is 1. The molecule has 1 aliphatic heterocycles. The first-order valence-corrected chi connectivity index (χ1v) is 11.4. The molecule has 174 valence electrons. The Balaban J connectivity index is 0.00000341. The summed E-state index contributed by atoms with van der Waals surface area (Å²) in [6.45, 7) is 8.32. The van der Waals surface area contributed by atoms with Gasteiger partial charge in [-0.3, -0.25) is 9.69 Å². The number of ether oxygens (including phenoxy) is 1. The SMILES string of the molecule is CCNC(=O)COc1cccc(CN=C(NCC)NC2CCN(C3CCCC3)C2)c1.I. The molecule has 3 N–H and O–H groups in total. The summed E-state index contributed by atoms with van der Waals surface area (Å²) in [6.07, 6.45) is 6.66. The zero-order valence-electron chi connectivity index (χ0n) is 18.9. The molecule has 1 aromatic carbocycles. The molecule has 31 heavy (non-hydrogen) atoms. The zero-order valence-corrected chi connectivity index (χ0v) is 21.2. The van der Waals surface area contributed by atoms with E-state index in [9.17, 15) is 4.79 Å². The number of nitrogens with zero attached hydrogens (tertiary/aromatic N) is 2. The molecule has 1 amide bonds. The topological polar surface area (TPSA) is 78.0 Å². The summed E-state index contributed by atoms with van der Waals surface area (Å²) in [6, 6.07) is 9.03. The van der Waals surface area contributed by atoms with Gasteiger partial charge in [0.15, 0.2) is 12.6 Å². The van der Waals surface area contributed by atoms with Crippen LogP contribution in [0.5, 0.6) is 5.75 Å². The first kappa shape index (κ1) is 25.7. The summed E-state index contributed by atoms with van der Waals surface area (Å²) in [5.41, 5.74) is 1.06. The second kappa shape index (κ2) is 13.8. The molecule has 1 atom stereocenters. The molecule has 1 saturated carbocycles. The Labute approximate surface area is 203 Å². The van der Waals surface area contributed by atoms with Crippen LogP contribution < -0.4 is 20.7 Å². The molecule has 1 unspecified atom stereocenters. The van der Waals surface area contributed by atoms with Crippen LogP contribution in [0.15, 0.2) is 29.3 Å². The Hall–Kier alpha value is -1.55. The summed E-state index contributed by atoms with van der Waals surface area (Å²) in [5.74, 6) is 1.45. The van der Waals surface area contributed by atoms with Crippen molar-refractivity contribution in [1.29, 1.82) is 0 Å². The molecule has 7 nitrogen and oxygen atoms in total. The van der Waals surface area contributed by atoms with Crippen molar-refractivity contribution in [3.8, 4) is 5.75 Å². The summed E-state index contributed by atoms with van der Waals surface area (Å²) in [4.78, 5) is 19.0. The maximum absolute atomic E-state index is 11.6. The molecular weight excluding hydrogens is 505 g/mol. The number of hydrogen-bond acceptors (Lipinski definition) is 4. The van der Waals surface area contributed by atoms with Crippen LogP contribution >= 0.6 is 24.0 Å². The maximum atomic E-state index is 11.6. The van der Waals surface area contributed by atoms with Crippen LogP contribution in [-0.4, -0.2) is 61.6 Å². The number of rotatable bonds is 9. The molecule has 1 aromatic rings. The predicted molar refractivity (Wildman–Crippen MR) is 136 cm³/mol. The molecule has 0 spiro atoms. The van der Waals surface area contributed by atoms with Gasteiger partial charge in [0.05, 0.1) is 6.54 Å². The quantitative estimate of drug-likeness (QED) is 0.254. The number of aliphatic imine (C=N–C) groups is 1. The number of carbonyl (C=O) groups excluding carboxylic acids is 1. The molecule has 0 bridgehead atoms. The first-order valence-electron chi connectivity index (χ1n) is 11.4. The van der Waals surface area contributed by atoms with Crippen LogP contribution in [0.2, 0.25) is 0 Å². The molecule has 8 heteroatoms. The van der Waals surface area contributed by atoms with Crippen LogP contribution in [0.25, 0.3) is 0 Å². The largest absolute Gasteiger partial charge is 0.484 e. The van der Waals surface area contributed by atoms with E-state index in [-0.39, 0.29) is 36.5 Å². The summed E-state index contributed by atoms with van der Waals surface area (Å²) < 4.78 is 5.59. The summed E-state index contributed by atoms with van der Waals surface area (Å²) in [5, 5.41) is 9.73. The molecule has 2 fully saturated rings. The minimum absolute atomic E-state index is 0. The van der Waals surface area contributed by atoms with E-state index in [0.29, 0.717) is 24.9 Å². The van der Waals surface area contributed by atoms with E-state index in [1.807, 2.05) is 31.2 Å². The third kappa shape index (κ3) is 8.48. The van der Waals surface area contributed by atoms with Crippen LogP contribution in [0.4, 0.5) is 0 Å². The smallest absolute Gasteiger partial charge is 0.257 e. The highest BCUT2D eigenvalue weighted by atomic mass is 127. The zero-order chi connectivity index (χ0) is 21.2. The number of benzene rings is 1. The fraction of sp³-hybridized carbons (Fsp3) is 0.652. The number of nitrogens with one attached hydrogen (secondary N) is 3. The molecule has 1 aliphatic carbocycles. The second-order valence-electron chi connectivity index (χ2n) is 8.15. The van der Waals surface area contributed by atoms with Crippen LogP contribution in [-0.2, 0) is 11.3 Å². The standard InChI is InChI=1S/C23H37N5O2.HI/c1-3-24-22(29)17-30-21-11-7-8-18(14-21)15-26-23(25-4-2)27-19-12-13-28(16-19)20-9-5-6-10-20;/h7-8,11,14,19-20H,3-6,9-10,12-13,15-17H2,1-2H3,(H,24,29)(H2,25,26,27);1H. The summed E-state index contributed by atoms with van der Waals surface area (Å²) >= 11 is 0. The first-order chi connectivity index (χ1) is 14.7. The van der Waals surface area contributed by atoms with Gasteiger partial charge in [-0.25, -0.2) is 4.99 Å². The molecule has 0 radical (unpaired) electrons. The Morgan fingerprint density at radius 3 is 2.68 bits per heavy atom. The van der Waals surface area contributed by atoms with E-state index in [1.54, 1.807) is 0 Å². The van der Waals surface area contributed by atoms with E-state index >= 15 is 0 Å². The molecule has 1 heterocycles. The third-order valence-corrected chi connectivity index (χ3v) is 5.81. The van der Waals surface area contributed by atoms with Gasteiger partial charge in [0.2, 0.25) is 0 Å². The number of likely N-dealkylation sites (N-methyl/N-ethyl adjacent to an activating group) is 1. The van der Waals surface area contributed by atoms with E-state index in [0.717, 1.165) is 30.7 Å². The van der Waals surface area contributed by atoms with Crippen molar-refractivity contribution in [3.63, 3.8) is 0 Å². The maximum Gasteiger partial charge on any atom is 0.257 e. The van der Waals surface area contributed by atoms with Crippen molar-refractivity contribution in [1.82, 2.24) is 20.9 Å². The molecule has 0 aromatic heterocycles. The fourth-order valence-electron chi connectivity index (χ4n) is 4.32. The Morgan fingerprint density at radius 1 is 1.16 bits per heavy atom. The van der Waals surface area contributed by atoms with Gasteiger partial charge in [0.25, 0.3) is 5.91 Å². The Bertz CT molecular complexity index is 709. The molecular formula is C23H38IN5O2. The monoisotopic (exact) mass is 543 g/mol. The highest BCUT2D eigenvalue weighted by Crippen LogP contribution is 2.26. The van der Waals surface area contributed by atoms with Crippen molar-refractivity contribution in [2.45, 2.75) is 64.6 Å². The lowest BCUT2D eigenvalue weighted by Crippen LogP contribution is -2.45. The normalized spacial score (nSPS) is 19.7. The van der Waals surface area contributed by atoms with Crippen molar-refractivity contribution in [3.05, 3.63) is 29.8 Å². The van der Waals surface area contributed by atoms with Gasteiger partial charge in [0.1, 0.15) is 5.75 Å². The Morgan fingerprint density at radius 2 is 1.94 bits per heavy atom. The van der Waals surface area contributed by atoms with Crippen molar-refractivity contribution < 1.29 is 9.53 Å². The van der Waals surface area contributed by atoms with Crippen LogP contribution in [0.3, 0.4) is 0 Å². The van der Waals surface area contributed by atoms with Crippen LogP contribution in [0.1, 0.15) is 51.5 Å². The Kier molecular flexibility index (Phi) is 11.4.